The molecule has 0 aromatic rings. The second kappa shape index (κ2) is 4.41. The Kier molecular flexibility index (Phi) is 4.57. The Balaban J connectivity index is 3.16. The highest BCUT2D eigenvalue weighted by Crippen LogP contribution is 2.18. The van der Waals surface area contributed by atoms with E-state index in [4.69, 9.17) is 0 Å². The maximum absolute atomic E-state index is 3.99. The molecule has 0 amide bonds. The van der Waals surface area contributed by atoms with Crippen LogP contribution in [-0.4, -0.2) is 18.0 Å². The van der Waals surface area contributed by atoms with E-state index >= 15 is 0 Å². The molecule has 0 heterocycles. The van der Waals surface area contributed by atoms with Crippen molar-refractivity contribution < 1.29 is 0 Å². The summed E-state index contributed by atoms with van der Waals surface area (Å²) in [6.45, 7) is 1.88. The van der Waals surface area contributed by atoms with Crippen molar-refractivity contribution >= 4 is 26.4 Å². The second-order valence-corrected chi connectivity index (χ2v) is 2.44. The molecular formula is C3H9N2PS. The quantitative estimate of drug-likeness (QED) is 0.262. The van der Waals surface area contributed by atoms with Crippen molar-refractivity contribution in [1.82, 2.24) is 4.78 Å². The maximum Gasteiger partial charge on any atom is 0.0531 e. The van der Waals surface area contributed by atoms with Crippen molar-refractivity contribution in [3.05, 3.63) is 0 Å². The molecule has 7 heavy (non-hydrogen) atoms. The molecular weight excluding hydrogens is 127 g/mol. The molecule has 0 aliphatic heterocycles. The largest absolute Gasteiger partial charge is 0.273 e. The van der Waals surface area contributed by atoms with Crippen LogP contribution in [0.15, 0.2) is 5.10 Å². The van der Waals surface area contributed by atoms with Crippen LogP contribution in [0.4, 0.5) is 0 Å². The molecule has 0 saturated carbocycles. The van der Waals surface area contributed by atoms with Crippen LogP contribution >= 0.6 is 20.2 Å². The van der Waals surface area contributed by atoms with Crippen LogP contribution in [0.25, 0.3) is 0 Å². The minimum absolute atomic E-state index is 0.468. The average Bonchev–Trinajstić information content (AvgIpc) is 1.68. The average molecular weight is 136 g/mol. The van der Waals surface area contributed by atoms with Crippen molar-refractivity contribution in [3.63, 3.8) is 0 Å². The van der Waals surface area contributed by atoms with Crippen LogP contribution in [0.5, 0.6) is 0 Å². The van der Waals surface area contributed by atoms with E-state index in [0.29, 0.717) is 7.93 Å². The predicted octanol–water partition coefficient (Wildman–Crippen LogP) is 1.36. The number of hydrogen-bond donors (Lipinski definition) is 1. The smallest absolute Gasteiger partial charge is 0.0531 e. The van der Waals surface area contributed by atoms with E-state index in [1.165, 1.54) is 0 Å². The van der Waals surface area contributed by atoms with Gasteiger partial charge in [-0.15, -0.1) is 12.2 Å². The van der Waals surface area contributed by atoms with Crippen molar-refractivity contribution in [2.75, 3.05) is 7.05 Å². The molecule has 42 valence electrons. The molecule has 0 aliphatic rings. The predicted molar refractivity (Wildman–Crippen MR) is 39.2 cm³/mol. The summed E-state index contributed by atoms with van der Waals surface area (Å²) in [6, 6.07) is 0. The highest BCUT2D eigenvalue weighted by molar-refractivity contribution is 8.37. The molecule has 2 nitrogen and oxygen atoms in total. The van der Waals surface area contributed by atoms with Crippen LogP contribution in [0.2, 0.25) is 0 Å². The van der Waals surface area contributed by atoms with E-state index < -0.39 is 0 Å². The first kappa shape index (κ1) is 7.25. The van der Waals surface area contributed by atoms with Gasteiger partial charge in [-0.1, -0.05) is 0 Å². The van der Waals surface area contributed by atoms with Crippen LogP contribution in [0.3, 0.4) is 0 Å². The summed E-state index contributed by atoms with van der Waals surface area (Å²) in [5.41, 5.74) is 0. The number of hydrogen-bond acceptors (Lipinski definition) is 3. The molecule has 0 rings (SSSR count). The molecule has 0 aromatic heterocycles. The van der Waals surface area contributed by atoms with Crippen molar-refractivity contribution in [2.45, 2.75) is 6.92 Å². The molecule has 0 N–H and O–H groups in total. The Bertz CT molecular complexity index is 66.0. The third kappa shape index (κ3) is 4.10. The zero-order valence-corrected chi connectivity index (χ0v) is 6.31. The first-order valence-corrected chi connectivity index (χ1v) is 4.17. The molecule has 0 fully saturated rings. The summed E-state index contributed by atoms with van der Waals surface area (Å²) in [7, 11) is 2.35. The van der Waals surface area contributed by atoms with E-state index in [-0.39, 0.29) is 0 Å². The molecule has 1 atom stereocenters. The zero-order chi connectivity index (χ0) is 5.70. The minimum atomic E-state index is 0.468. The summed E-state index contributed by atoms with van der Waals surface area (Å²) in [5.74, 6) is 0. The third-order valence-corrected chi connectivity index (χ3v) is 1.71. The molecule has 0 aromatic carbocycles. The molecule has 0 bridgehead atoms. The van der Waals surface area contributed by atoms with Gasteiger partial charge in [-0.25, -0.2) is 0 Å². The topological polar surface area (TPSA) is 15.6 Å². The van der Waals surface area contributed by atoms with Gasteiger partial charge < -0.3 is 0 Å². The molecule has 0 saturated heterocycles. The van der Waals surface area contributed by atoms with Crippen LogP contribution in [0, 0.1) is 0 Å². The fourth-order valence-corrected chi connectivity index (χ4v) is 0.521. The van der Waals surface area contributed by atoms with E-state index in [0.717, 1.165) is 0 Å². The number of hydrazone groups is 1. The van der Waals surface area contributed by atoms with Gasteiger partial charge in [-0.05, 0) is 6.92 Å². The number of nitrogens with zero attached hydrogens (tertiary/aromatic N) is 2. The lowest BCUT2D eigenvalue weighted by Gasteiger charge is -2.04. The Morgan fingerprint density at radius 3 is 2.57 bits per heavy atom. The summed E-state index contributed by atoms with van der Waals surface area (Å²) in [5, 5.41) is 3.89. The van der Waals surface area contributed by atoms with E-state index in [9.17, 15) is 0 Å². The normalized spacial score (nSPS) is 11.9. The van der Waals surface area contributed by atoms with Gasteiger partial charge in [0.05, 0.1) is 7.93 Å². The zero-order valence-electron chi connectivity index (χ0n) is 4.42. The first-order valence-electron chi connectivity index (χ1n) is 1.93. The monoisotopic (exact) mass is 136 g/mol. The van der Waals surface area contributed by atoms with Gasteiger partial charge in [0.25, 0.3) is 0 Å². The highest BCUT2D eigenvalue weighted by Gasteiger charge is 1.78. The lowest BCUT2D eigenvalue weighted by Crippen LogP contribution is -1.92. The van der Waals surface area contributed by atoms with Gasteiger partial charge in [0.1, 0.15) is 0 Å². The van der Waals surface area contributed by atoms with E-state index in [1.54, 1.807) is 11.0 Å². The SMILES string of the molecule is C/C=N/N(C)PS. The van der Waals surface area contributed by atoms with Gasteiger partial charge in [0, 0.05) is 13.3 Å². The maximum atomic E-state index is 3.99. The molecule has 1 unspecified atom stereocenters. The van der Waals surface area contributed by atoms with Crippen molar-refractivity contribution in [3.8, 4) is 0 Å². The van der Waals surface area contributed by atoms with Gasteiger partial charge in [-0.2, -0.15) is 5.10 Å². The Labute approximate surface area is 51.0 Å². The Hall–Kier alpha value is 0.250. The highest BCUT2D eigenvalue weighted by atomic mass is 32.7. The first-order chi connectivity index (χ1) is 3.31. The molecule has 0 aliphatic carbocycles. The minimum Gasteiger partial charge on any atom is -0.273 e. The Morgan fingerprint density at radius 1 is 1.86 bits per heavy atom. The summed E-state index contributed by atoms with van der Waals surface area (Å²) in [6.07, 6.45) is 1.74. The Morgan fingerprint density at radius 2 is 2.43 bits per heavy atom. The van der Waals surface area contributed by atoms with Crippen LogP contribution in [0.1, 0.15) is 6.92 Å². The van der Waals surface area contributed by atoms with Gasteiger partial charge in [0.15, 0.2) is 0 Å². The lowest BCUT2D eigenvalue weighted by atomic mass is 10.9. The van der Waals surface area contributed by atoms with E-state index in [1.807, 2.05) is 14.0 Å². The lowest BCUT2D eigenvalue weighted by molar-refractivity contribution is 0.616. The fourth-order valence-electron chi connectivity index (χ4n) is 0.199. The van der Waals surface area contributed by atoms with Crippen molar-refractivity contribution in [2.24, 2.45) is 5.10 Å². The van der Waals surface area contributed by atoms with Crippen molar-refractivity contribution in [1.29, 1.82) is 0 Å². The molecule has 0 spiro atoms. The van der Waals surface area contributed by atoms with Crippen LogP contribution in [-0.2, 0) is 0 Å². The summed E-state index contributed by atoms with van der Waals surface area (Å²) < 4.78 is 1.77. The van der Waals surface area contributed by atoms with Crippen LogP contribution < -0.4 is 0 Å². The van der Waals surface area contributed by atoms with E-state index in [2.05, 4.69) is 17.4 Å². The fraction of sp³-hybridized carbons (Fsp3) is 0.667. The standard InChI is InChI=1S/C3H9N2PS/c1-3-4-5(2)6-7/h3,6-7H,1-2H3/b4-3+. The molecule has 0 radical (unpaired) electrons. The van der Waals surface area contributed by atoms with Gasteiger partial charge in [0.2, 0.25) is 0 Å². The van der Waals surface area contributed by atoms with Gasteiger partial charge >= 0.3 is 0 Å². The third-order valence-electron chi connectivity index (χ3n) is 0.433. The van der Waals surface area contributed by atoms with Gasteiger partial charge in [-0.3, -0.25) is 4.78 Å². The second-order valence-electron chi connectivity index (χ2n) is 0.997. The number of rotatable bonds is 2. The summed E-state index contributed by atoms with van der Waals surface area (Å²) >= 11 is 3.99. The summed E-state index contributed by atoms with van der Waals surface area (Å²) in [4.78, 5) is 0. The molecule has 4 heteroatoms. The number of thiol groups is 1.